The molecule has 0 atom stereocenters. The Morgan fingerprint density at radius 1 is 0.967 bits per heavy atom. The Balaban J connectivity index is 1.62. The molecule has 2 aromatic carbocycles. The lowest BCUT2D eigenvalue weighted by molar-refractivity contribution is 0.111. The first-order chi connectivity index (χ1) is 14.8. The minimum absolute atomic E-state index is 0.586. The van der Waals surface area contributed by atoms with Crippen molar-refractivity contribution in [3.63, 3.8) is 0 Å². The minimum atomic E-state index is 0.586. The molecule has 1 saturated heterocycles. The molecule has 0 N–H and O–H groups in total. The summed E-state index contributed by atoms with van der Waals surface area (Å²) in [7, 11) is 1.65. The molecule has 2 aromatic heterocycles. The molecule has 6 nitrogen and oxygen atoms in total. The number of ether oxygens (including phenoxy) is 1. The van der Waals surface area contributed by atoms with Crippen LogP contribution in [0.25, 0.3) is 28.1 Å². The van der Waals surface area contributed by atoms with Gasteiger partial charge in [-0.1, -0.05) is 18.6 Å². The van der Waals surface area contributed by atoms with Crippen molar-refractivity contribution >= 4 is 23.1 Å². The molecule has 1 fully saturated rings. The quantitative estimate of drug-likeness (QED) is 0.452. The molecule has 1 aliphatic heterocycles. The zero-order valence-electron chi connectivity index (χ0n) is 17.3. The van der Waals surface area contributed by atoms with Gasteiger partial charge in [-0.2, -0.15) is 0 Å². The fraction of sp³-hybridized carbons (Fsp3) is 0.333. The molecule has 3 heterocycles. The number of rotatable bonds is 6. The first-order valence-electron chi connectivity index (χ1n) is 10.6. The van der Waals surface area contributed by atoms with Crippen molar-refractivity contribution < 1.29 is 9.53 Å². The summed E-state index contributed by atoms with van der Waals surface area (Å²) >= 11 is 0. The van der Waals surface area contributed by atoms with E-state index in [0.717, 1.165) is 47.5 Å². The van der Waals surface area contributed by atoms with Crippen LogP contribution >= 0.6 is 0 Å². The number of fused-ring (bicyclic) bond motifs is 3. The number of carbonyl (C=O) groups is 1. The van der Waals surface area contributed by atoms with E-state index in [9.17, 15) is 4.79 Å². The smallest absolute Gasteiger partial charge is 0.216 e. The van der Waals surface area contributed by atoms with Crippen LogP contribution in [-0.4, -0.2) is 51.9 Å². The van der Waals surface area contributed by atoms with Gasteiger partial charge in [0.1, 0.15) is 17.1 Å². The maximum atomic E-state index is 12.2. The zero-order chi connectivity index (χ0) is 20.5. The monoisotopic (exact) mass is 402 g/mol. The third-order valence-corrected chi connectivity index (χ3v) is 6.11. The van der Waals surface area contributed by atoms with Crippen LogP contribution in [0, 0.1) is 0 Å². The highest BCUT2D eigenvalue weighted by Gasteiger charge is 2.21. The molecular weight excluding hydrogens is 376 g/mol. The molecule has 0 radical (unpaired) electrons. The number of imidazole rings is 2. The third kappa shape index (κ3) is 3.17. The van der Waals surface area contributed by atoms with E-state index in [1.807, 2.05) is 40.8 Å². The number of likely N-dealkylation sites (tertiary alicyclic amines) is 1. The Kier molecular flexibility index (Phi) is 5.01. The van der Waals surface area contributed by atoms with Gasteiger partial charge in [-0.25, -0.2) is 4.98 Å². The van der Waals surface area contributed by atoms with Crippen LogP contribution in [0.2, 0.25) is 0 Å². The molecule has 0 aliphatic carbocycles. The van der Waals surface area contributed by atoms with E-state index in [1.165, 1.54) is 32.4 Å². The van der Waals surface area contributed by atoms with E-state index in [-0.39, 0.29) is 0 Å². The standard InChI is InChI=1S/C24H26N4O2/c1-30-19-11-9-18(10-12-19)23-22(17-29)28-21-8-4-3-7-20(21)27(24(28)25-23)16-15-26-13-5-2-6-14-26/h3-4,7-12,17H,2,5-6,13-16H2,1H3. The lowest BCUT2D eigenvalue weighted by atomic mass is 10.1. The van der Waals surface area contributed by atoms with Crippen LogP contribution in [-0.2, 0) is 6.54 Å². The molecule has 6 heteroatoms. The highest BCUT2D eigenvalue weighted by atomic mass is 16.5. The second-order valence-corrected chi connectivity index (χ2v) is 7.87. The van der Waals surface area contributed by atoms with Gasteiger partial charge in [0.25, 0.3) is 0 Å². The Bertz CT molecular complexity index is 1180. The van der Waals surface area contributed by atoms with Crippen LogP contribution in [0.3, 0.4) is 0 Å². The summed E-state index contributed by atoms with van der Waals surface area (Å²) in [6.45, 7) is 4.19. The Labute approximate surface area is 175 Å². The number of benzene rings is 2. The van der Waals surface area contributed by atoms with Crippen molar-refractivity contribution in [1.82, 2.24) is 18.9 Å². The molecule has 154 valence electrons. The highest BCUT2D eigenvalue weighted by Crippen LogP contribution is 2.30. The van der Waals surface area contributed by atoms with Crippen LogP contribution in [0.5, 0.6) is 5.75 Å². The van der Waals surface area contributed by atoms with E-state index >= 15 is 0 Å². The van der Waals surface area contributed by atoms with Gasteiger partial charge in [-0.15, -0.1) is 0 Å². The number of hydrogen-bond acceptors (Lipinski definition) is 4. The van der Waals surface area contributed by atoms with Crippen molar-refractivity contribution in [3.05, 3.63) is 54.2 Å². The molecule has 1 aliphatic rings. The predicted octanol–water partition coefficient (Wildman–Crippen LogP) is 4.26. The fourth-order valence-electron chi connectivity index (χ4n) is 4.54. The molecule has 4 aromatic rings. The second kappa shape index (κ2) is 7.95. The van der Waals surface area contributed by atoms with Gasteiger partial charge >= 0.3 is 0 Å². The van der Waals surface area contributed by atoms with Crippen molar-refractivity contribution in [1.29, 1.82) is 0 Å². The van der Waals surface area contributed by atoms with Gasteiger partial charge in [0, 0.05) is 18.7 Å². The van der Waals surface area contributed by atoms with Crippen LogP contribution in [0.4, 0.5) is 0 Å². The number of aromatic nitrogens is 3. The summed E-state index contributed by atoms with van der Waals surface area (Å²) in [4.78, 5) is 19.6. The minimum Gasteiger partial charge on any atom is -0.497 e. The number of para-hydroxylation sites is 2. The van der Waals surface area contributed by atoms with Gasteiger partial charge < -0.3 is 14.2 Å². The fourth-order valence-corrected chi connectivity index (χ4v) is 4.54. The van der Waals surface area contributed by atoms with Gasteiger partial charge in [-0.3, -0.25) is 9.20 Å². The first-order valence-corrected chi connectivity index (χ1v) is 10.6. The maximum Gasteiger partial charge on any atom is 0.216 e. The average Bonchev–Trinajstić information content (AvgIpc) is 3.33. The molecule has 0 spiro atoms. The lowest BCUT2D eigenvalue weighted by Gasteiger charge is -2.26. The summed E-state index contributed by atoms with van der Waals surface area (Å²) in [5, 5.41) is 0. The molecular formula is C24H26N4O2. The predicted molar refractivity (Wildman–Crippen MR) is 118 cm³/mol. The van der Waals surface area contributed by atoms with Crippen molar-refractivity contribution in [3.8, 4) is 17.0 Å². The SMILES string of the molecule is COc1ccc(-c2nc3n(CCN4CCCCC4)c4ccccc4n3c2C=O)cc1. The Morgan fingerprint density at radius 3 is 2.40 bits per heavy atom. The largest absolute Gasteiger partial charge is 0.497 e. The highest BCUT2D eigenvalue weighted by molar-refractivity contribution is 5.91. The van der Waals surface area contributed by atoms with E-state index in [0.29, 0.717) is 11.4 Å². The lowest BCUT2D eigenvalue weighted by Crippen LogP contribution is -2.32. The van der Waals surface area contributed by atoms with E-state index in [1.54, 1.807) is 7.11 Å². The van der Waals surface area contributed by atoms with Crippen molar-refractivity contribution in [2.75, 3.05) is 26.7 Å². The molecule has 0 bridgehead atoms. The average molecular weight is 402 g/mol. The molecule has 0 unspecified atom stereocenters. The number of carbonyl (C=O) groups excluding carboxylic acids is 1. The summed E-state index contributed by atoms with van der Waals surface area (Å²) in [6, 6.07) is 15.9. The van der Waals surface area contributed by atoms with Gasteiger partial charge in [0.2, 0.25) is 5.78 Å². The van der Waals surface area contributed by atoms with Crippen LogP contribution in [0.15, 0.2) is 48.5 Å². The molecule has 5 rings (SSSR count). The first kappa shape index (κ1) is 18.9. The van der Waals surface area contributed by atoms with Crippen LogP contribution in [0.1, 0.15) is 29.8 Å². The number of methoxy groups -OCH3 is 1. The molecule has 0 amide bonds. The van der Waals surface area contributed by atoms with E-state index < -0.39 is 0 Å². The third-order valence-electron chi connectivity index (χ3n) is 6.11. The zero-order valence-corrected chi connectivity index (χ0v) is 17.3. The molecule has 0 saturated carbocycles. The maximum absolute atomic E-state index is 12.2. The van der Waals surface area contributed by atoms with Gasteiger partial charge in [-0.05, 0) is 62.3 Å². The summed E-state index contributed by atoms with van der Waals surface area (Å²) in [5.41, 5.74) is 4.33. The van der Waals surface area contributed by atoms with Crippen LogP contribution < -0.4 is 4.74 Å². The Hall–Kier alpha value is -3.12. The van der Waals surface area contributed by atoms with E-state index in [2.05, 4.69) is 21.6 Å². The van der Waals surface area contributed by atoms with Gasteiger partial charge in [0.15, 0.2) is 6.29 Å². The summed E-state index contributed by atoms with van der Waals surface area (Å²) in [5.74, 6) is 1.60. The van der Waals surface area contributed by atoms with Crippen molar-refractivity contribution in [2.24, 2.45) is 0 Å². The summed E-state index contributed by atoms with van der Waals surface area (Å²) in [6.07, 6.45) is 4.81. The number of piperidine rings is 1. The second-order valence-electron chi connectivity index (χ2n) is 7.87. The Morgan fingerprint density at radius 2 is 1.70 bits per heavy atom. The number of hydrogen-bond donors (Lipinski definition) is 0. The van der Waals surface area contributed by atoms with Gasteiger partial charge in [0.05, 0.1) is 18.1 Å². The normalized spacial score (nSPS) is 15.1. The molecule has 30 heavy (non-hydrogen) atoms. The number of nitrogens with zero attached hydrogens (tertiary/aromatic N) is 4. The van der Waals surface area contributed by atoms with Crippen molar-refractivity contribution in [2.45, 2.75) is 25.8 Å². The topological polar surface area (TPSA) is 51.8 Å². The van der Waals surface area contributed by atoms with E-state index in [4.69, 9.17) is 9.72 Å². The summed E-state index contributed by atoms with van der Waals surface area (Å²) < 4.78 is 9.52. The number of aldehydes is 1.